The average molecular weight is 196 g/mol. The number of aryl methyl sites for hydroxylation is 1. The fourth-order valence-corrected chi connectivity index (χ4v) is 0.436. The van der Waals surface area contributed by atoms with Gasteiger partial charge >= 0.3 is 0 Å². The van der Waals surface area contributed by atoms with Crippen molar-refractivity contribution in [3.05, 3.63) is 30.7 Å². The van der Waals surface area contributed by atoms with Crippen LogP contribution in [0, 0.1) is 13.8 Å². The van der Waals surface area contributed by atoms with E-state index in [4.69, 9.17) is 0 Å². The van der Waals surface area contributed by atoms with Crippen LogP contribution in [0.1, 0.15) is 11.4 Å². The van der Waals surface area contributed by atoms with E-state index in [0.29, 0.717) is 0 Å². The van der Waals surface area contributed by atoms with Crippen LogP contribution < -0.4 is 0 Å². The zero-order valence-corrected chi connectivity index (χ0v) is 8.17. The van der Waals surface area contributed by atoms with Gasteiger partial charge in [0, 0.05) is 45.1 Å². The summed E-state index contributed by atoms with van der Waals surface area (Å²) in [5.74, 6) is 0. The summed E-state index contributed by atoms with van der Waals surface area (Å²) >= 11 is 0. The van der Waals surface area contributed by atoms with Crippen molar-refractivity contribution in [3.8, 4) is 0 Å². The summed E-state index contributed by atoms with van der Waals surface area (Å²) < 4.78 is 0. The molecule has 0 spiro atoms. The van der Waals surface area contributed by atoms with Gasteiger partial charge in [0.1, 0.15) is 0 Å². The summed E-state index contributed by atoms with van der Waals surface area (Å²) in [4.78, 5) is 7.86. The summed E-state index contributed by atoms with van der Waals surface area (Å²) in [7, 11) is 0. The Balaban J connectivity index is 0.000000640. The van der Waals surface area contributed by atoms with Gasteiger partial charge in [-0.1, -0.05) is 18.3 Å². The zero-order chi connectivity index (χ0) is 5.98. The van der Waals surface area contributed by atoms with Gasteiger partial charge in [0.05, 0.1) is 0 Å². The molecule has 9 heavy (non-hydrogen) atoms. The predicted molar refractivity (Wildman–Crippen MR) is 31.2 cm³/mol. The third kappa shape index (κ3) is 2.42. The zero-order valence-electron chi connectivity index (χ0n) is 5.33. The minimum absolute atomic E-state index is 0. The quantitative estimate of drug-likeness (QED) is 0.577. The monoisotopic (exact) mass is 196 g/mol. The topological polar surface area (TPSA) is 25.8 Å². The van der Waals surface area contributed by atoms with Crippen LogP contribution in [-0.4, -0.2) is 9.97 Å². The Morgan fingerprint density at radius 1 is 1.33 bits per heavy atom. The van der Waals surface area contributed by atoms with E-state index in [-0.39, 0.29) is 32.7 Å². The molecule has 1 aromatic heterocycles. The third-order valence-corrected chi connectivity index (χ3v) is 0.983. The summed E-state index contributed by atoms with van der Waals surface area (Å²) in [6.45, 7) is 5.53. The van der Waals surface area contributed by atoms with E-state index in [2.05, 4.69) is 16.9 Å². The molecule has 0 saturated heterocycles. The maximum Gasteiger partial charge on any atom is 0.0402 e. The first kappa shape index (κ1) is 9.05. The van der Waals surface area contributed by atoms with Gasteiger partial charge in [-0.15, -0.1) is 0 Å². The molecule has 0 fully saturated rings. The van der Waals surface area contributed by atoms with Crippen LogP contribution in [0.15, 0.2) is 12.4 Å². The molecule has 2 nitrogen and oxygen atoms in total. The Morgan fingerprint density at radius 3 is 2.22 bits per heavy atom. The molecule has 0 atom stereocenters. The van der Waals surface area contributed by atoms with Gasteiger partial charge in [0.2, 0.25) is 0 Å². The standard InChI is InChI=1S/C6H7N2.Y/c1-5-6(2)8-4-3-7-5;/h3-4H,1H2,2H3;/q-1;. The molecule has 0 amide bonds. The molecule has 0 unspecified atom stereocenters. The van der Waals surface area contributed by atoms with E-state index in [1.54, 1.807) is 12.4 Å². The van der Waals surface area contributed by atoms with Crippen LogP contribution in [0.5, 0.6) is 0 Å². The maximum absolute atomic E-state index is 3.95. The molecular weight excluding hydrogens is 189 g/mol. The first-order valence-corrected chi connectivity index (χ1v) is 2.40. The number of rotatable bonds is 0. The van der Waals surface area contributed by atoms with Crippen molar-refractivity contribution < 1.29 is 32.7 Å². The van der Waals surface area contributed by atoms with Gasteiger partial charge < -0.3 is 4.98 Å². The van der Waals surface area contributed by atoms with Gasteiger partial charge in [0.15, 0.2) is 0 Å². The minimum Gasteiger partial charge on any atom is -0.352 e. The molecule has 0 bridgehead atoms. The molecule has 3 heteroatoms. The first-order valence-electron chi connectivity index (χ1n) is 2.40. The smallest absolute Gasteiger partial charge is 0.0402 e. The van der Waals surface area contributed by atoms with Gasteiger partial charge in [0.25, 0.3) is 0 Å². The van der Waals surface area contributed by atoms with Gasteiger partial charge in [-0.2, -0.15) is 0 Å². The Kier molecular flexibility index (Phi) is 3.99. The predicted octanol–water partition coefficient (Wildman–Crippen LogP) is 0.965. The maximum atomic E-state index is 3.95. The van der Waals surface area contributed by atoms with Crippen LogP contribution in [0.25, 0.3) is 0 Å². The molecule has 1 rings (SSSR count). The Bertz CT molecular complexity index is 167. The van der Waals surface area contributed by atoms with E-state index >= 15 is 0 Å². The molecule has 1 radical (unpaired) electrons. The number of aromatic nitrogens is 2. The summed E-state index contributed by atoms with van der Waals surface area (Å²) in [6.07, 6.45) is 3.29. The molecule has 0 aromatic carbocycles. The van der Waals surface area contributed by atoms with E-state index in [9.17, 15) is 0 Å². The van der Waals surface area contributed by atoms with E-state index < -0.39 is 0 Å². The van der Waals surface area contributed by atoms with Crippen LogP contribution in [-0.2, 0) is 32.7 Å². The van der Waals surface area contributed by atoms with Crippen LogP contribution in [0.3, 0.4) is 0 Å². The Labute approximate surface area is 80.0 Å². The van der Waals surface area contributed by atoms with E-state index in [1.165, 1.54) is 0 Å². The normalized spacial score (nSPS) is 8.11. The summed E-state index contributed by atoms with van der Waals surface area (Å²) in [5, 5.41) is 0. The van der Waals surface area contributed by atoms with E-state index in [0.717, 1.165) is 11.4 Å². The molecule has 1 aromatic rings. The van der Waals surface area contributed by atoms with Crippen molar-refractivity contribution in [2.45, 2.75) is 6.92 Å². The van der Waals surface area contributed by atoms with Crippen LogP contribution in [0.2, 0.25) is 0 Å². The SMILES string of the molecule is [CH2-]c1nccnc1C.[Y]. The first-order chi connectivity index (χ1) is 3.80. The molecule has 0 aliphatic carbocycles. The fraction of sp³-hybridized carbons (Fsp3) is 0.167. The number of nitrogens with zero attached hydrogens (tertiary/aromatic N) is 2. The van der Waals surface area contributed by atoms with Crippen molar-refractivity contribution >= 4 is 0 Å². The summed E-state index contributed by atoms with van der Waals surface area (Å²) in [6, 6.07) is 0. The largest absolute Gasteiger partial charge is 0.352 e. The molecule has 0 N–H and O–H groups in total. The summed E-state index contributed by atoms with van der Waals surface area (Å²) in [5.41, 5.74) is 1.65. The molecule has 45 valence electrons. The van der Waals surface area contributed by atoms with Gasteiger partial charge in [-0.3, -0.25) is 4.98 Å². The molecule has 0 aliphatic rings. The van der Waals surface area contributed by atoms with Crippen molar-refractivity contribution in [2.24, 2.45) is 0 Å². The third-order valence-electron chi connectivity index (χ3n) is 0.983. The van der Waals surface area contributed by atoms with Crippen LogP contribution >= 0.6 is 0 Å². The van der Waals surface area contributed by atoms with Crippen molar-refractivity contribution in [1.82, 2.24) is 9.97 Å². The van der Waals surface area contributed by atoms with Gasteiger partial charge in [-0.25, -0.2) is 6.92 Å². The number of hydrogen-bond donors (Lipinski definition) is 0. The molecule has 1 heterocycles. The second-order valence-corrected chi connectivity index (χ2v) is 1.59. The van der Waals surface area contributed by atoms with Gasteiger partial charge in [-0.05, 0) is 0 Å². The van der Waals surface area contributed by atoms with Crippen molar-refractivity contribution in [2.75, 3.05) is 0 Å². The van der Waals surface area contributed by atoms with E-state index in [1.807, 2.05) is 6.92 Å². The molecule has 0 saturated carbocycles. The second-order valence-electron chi connectivity index (χ2n) is 1.59. The van der Waals surface area contributed by atoms with Crippen molar-refractivity contribution in [3.63, 3.8) is 0 Å². The second kappa shape index (κ2) is 3.96. The Morgan fingerprint density at radius 2 is 1.89 bits per heavy atom. The number of hydrogen-bond acceptors (Lipinski definition) is 2. The minimum atomic E-state index is 0. The Hall–Kier alpha value is 0.0539. The fourth-order valence-electron chi connectivity index (χ4n) is 0.436. The average Bonchev–Trinajstić information content (AvgIpc) is 1.77. The molecular formula is C6H7N2Y-. The molecule has 0 aliphatic heterocycles. The van der Waals surface area contributed by atoms with Crippen LogP contribution in [0.4, 0.5) is 0 Å². The van der Waals surface area contributed by atoms with Crippen molar-refractivity contribution in [1.29, 1.82) is 0 Å².